The third-order valence-corrected chi connectivity index (χ3v) is 4.32. The molecule has 0 spiro atoms. The molecule has 0 fully saturated rings. The predicted molar refractivity (Wildman–Crippen MR) is 119 cm³/mol. The Morgan fingerprint density at radius 3 is 1.94 bits per heavy atom. The van der Waals surface area contributed by atoms with Crippen LogP contribution in [-0.2, 0) is 14.3 Å². The minimum Gasteiger partial charge on any atom is -0.462 e. The Labute approximate surface area is 184 Å². The van der Waals surface area contributed by atoms with Crippen molar-refractivity contribution in [2.24, 2.45) is 0 Å². The van der Waals surface area contributed by atoms with Crippen LogP contribution < -0.4 is 9.47 Å². The highest BCUT2D eigenvalue weighted by molar-refractivity contribution is 5.83. The molecule has 32 heavy (non-hydrogen) atoms. The third-order valence-electron chi connectivity index (χ3n) is 4.32. The van der Waals surface area contributed by atoms with Crippen LogP contribution in [0.15, 0.2) is 105 Å². The average molecular weight is 430 g/mol. The minimum absolute atomic E-state index is 0.380. The largest absolute Gasteiger partial charge is 0.462 e. The molecule has 0 heterocycles. The molecule has 0 saturated heterocycles. The van der Waals surface area contributed by atoms with Gasteiger partial charge in [-0.15, -0.1) is 0 Å². The summed E-state index contributed by atoms with van der Waals surface area (Å²) in [4.78, 5) is 22.2. The smallest absolute Gasteiger partial charge is 0.335 e. The first-order valence-corrected chi connectivity index (χ1v) is 9.49. The third kappa shape index (κ3) is 5.79. The van der Waals surface area contributed by atoms with Gasteiger partial charge in [0, 0.05) is 17.7 Å². The van der Waals surface area contributed by atoms with E-state index in [9.17, 15) is 14.0 Å². The van der Waals surface area contributed by atoms with Crippen molar-refractivity contribution >= 4 is 11.9 Å². The lowest BCUT2D eigenvalue weighted by Gasteiger charge is -2.09. The van der Waals surface area contributed by atoms with E-state index in [1.54, 1.807) is 54.6 Å². The molecule has 0 aliphatic carbocycles. The first-order valence-electron chi connectivity index (χ1n) is 9.49. The van der Waals surface area contributed by atoms with Crippen molar-refractivity contribution in [3.8, 4) is 33.8 Å². The Morgan fingerprint density at radius 1 is 0.719 bits per heavy atom. The molecule has 0 bridgehead atoms. The monoisotopic (exact) mass is 430 g/mol. The summed E-state index contributed by atoms with van der Waals surface area (Å²) in [5, 5.41) is 0. The summed E-state index contributed by atoms with van der Waals surface area (Å²) in [7, 11) is 0. The molecule has 6 heteroatoms. The van der Waals surface area contributed by atoms with Crippen molar-refractivity contribution in [3.63, 3.8) is 0 Å². The Morgan fingerprint density at radius 2 is 1.31 bits per heavy atom. The van der Waals surface area contributed by atoms with Crippen LogP contribution in [0.25, 0.3) is 22.3 Å². The molecule has 0 unspecified atom stereocenters. The maximum absolute atomic E-state index is 14.8. The molecule has 160 valence electrons. The summed E-state index contributed by atoms with van der Waals surface area (Å²) in [6.45, 7) is 6.63. The van der Waals surface area contributed by atoms with Crippen molar-refractivity contribution in [1.82, 2.24) is 0 Å². The first-order chi connectivity index (χ1) is 15.5. The quantitative estimate of drug-likeness (QED) is 0.195. The highest BCUT2D eigenvalue weighted by Gasteiger charge is 2.09. The molecule has 3 rings (SSSR count). The molecule has 5 nitrogen and oxygen atoms in total. The van der Waals surface area contributed by atoms with Crippen molar-refractivity contribution in [2.45, 2.75) is 0 Å². The van der Waals surface area contributed by atoms with Gasteiger partial charge in [-0.1, -0.05) is 49.6 Å². The highest BCUT2D eigenvalue weighted by Crippen LogP contribution is 2.30. The van der Waals surface area contributed by atoms with Crippen LogP contribution in [0, 0.1) is 5.82 Å². The van der Waals surface area contributed by atoms with Gasteiger partial charge in [0.15, 0.2) is 0 Å². The van der Waals surface area contributed by atoms with Gasteiger partial charge in [0.2, 0.25) is 0 Å². The summed E-state index contributed by atoms with van der Waals surface area (Å²) in [5.41, 5.74) is 2.58. The van der Waals surface area contributed by atoms with Gasteiger partial charge in [-0.3, -0.25) is 0 Å². The summed E-state index contributed by atoms with van der Waals surface area (Å²) >= 11 is 0. The van der Waals surface area contributed by atoms with Crippen LogP contribution >= 0.6 is 0 Å². The van der Waals surface area contributed by atoms with Gasteiger partial charge in [-0.2, -0.15) is 0 Å². The molecule has 0 amide bonds. The number of rotatable bonds is 8. The molecule has 3 aromatic rings. The first kappa shape index (κ1) is 22.2. The lowest BCUT2D eigenvalue weighted by molar-refractivity contribution is -0.132. The molecular weight excluding hydrogens is 411 g/mol. The fraction of sp³-hybridized carbons (Fsp3) is 0. The molecule has 0 saturated carbocycles. The molecular formula is C26H19FO5. The summed E-state index contributed by atoms with van der Waals surface area (Å²) in [6.07, 6.45) is 4.44. The standard InChI is InChI=1S/C26H19FO5/c1-3-25(28)31-16-15-30-21-10-7-19(8-11-21)23-14-9-20(17-24(23)27)18-5-12-22(13-6-18)32-26(29)4-2/h3-17H,1-2H2. The van der Waals surface area contributed by atoms with E-state index in [-0.39, 0.29) is 5.82 Å². The van der Waals surface area contributed by atoms with E-state index in [1.165, 1.54) is 12.3 Å². The maximum atomic E-state index is 14.8. The second-order valence-corrected chi connectivity index (χ2v) is 6.40. The van der Waals surface area contributed by atoms with Gasteiger partial charge in [0.1, 0.15) is 29.8 Å². The van der Waals surface area contributed by atoms with E-state index in [0.717, 1.165) is 24.0 Å². The summed E-state index contributed by atoms with van der Waals surface area (Å²) in [5.74, 6) is -0.641. The maximum Gasteiger partial charge on any atom is 0.335 e. The zero-order valence-electron chi connectivity index (χ0n) is 17.0. The molecule has 0 N–H and O–H groups in total. The van der Waals surface area contributed by atoms with Crippen LogP contribution in [0.2, 0.25) is 0 Å². The van der Waals surface area contributed by atoms with E-state index in [1.807, 2.05) is 6.07 Å². The Balaban J connectivity index is 1.69. The van der Waals surface area contributed by atoms with Crippen LogP contribution in [0.3, 0.4) is 0 Å². The van der Waals surface area contributed by atoms with Gasteiger partial charge in [0.05, 0.1) is 0 Å². The van der Waals surface area contributed by atoms with E-state index >= 15 is 0 Å². The summed E-state index contributed by atoms with van der Waals surface area (Å²) < 4.78 is 29.8. The number of halogens is 1. The predicted octanol–water partition coefficient (Wildman–Crippen LogP) is 5.83. The Bertz CT molecular complexity index is 1160. The van der Waals surface area contributed by atoms with Gasteiger partial charge < -0.3 is 14.2 Å². The molecule has 3 aromatic carbocycles. The van der Waals surface area contributed by atoms with Crippen LogP contribution in [0.1, 0.15) is 0 Å². The van der Waals surface area contributed by atoms with E-state index < -0.39 is 11.9 Å². The number of carbonyl (C=O) groups excluding carboxylic acids is 2. The number of ether oxygens (including phenoxy) is 3. The van der Waals surface area contributed by atoms with Crippen molar-refractivity contribution in [3.05, 3.63) is 110 Å². The van der Waals surface area contributed by atoms with Crippen LogP contribution in [0.4, 0.5) is 4.39 Å². The zero-order valence-corrected chi connectivity index (χ0v) is 17.0. The number of hydrogen-bond donors (Lipinski definition) is 0. The SMILES string of the molecule is C=CC(=O)OC=COc1ccc(-c2ccc(-c3ccc(OC(=O)C=C)cc3)cc2F)cc1. The Hall–Kier alpha value is -4.45. The highest BCUT2D eigenvalue weighted by atomic mass is 19.1. The van der Waals surface area contributed by atoms with Gasteiger partial charge in [-0.05, 0) is 47.0 Å². The van der Waals surface area contributed by atoms with Crippen molar-refractivity contribution < 1.29 is 28.2 Å². The average Bonchev–Trinajstić information content (AvgIpc) is 2.82. The van der Waals surface area contributed by atoms with Gasteiger partial charge in [-0.25, -0.2) is 14.0 Å². The van der Waals surface area contributed by atoms with Gasteiger partial charge in [0.25, 0.3) is 0 Å². The van der Waals surface area contributed by atoms with E-state index in [2.05, 4.69) is 17.9 Å². The molecule has 0 aliphatic heterocycles. The number of carbonyl (C=O) groups is 2. The lowest BCUT2D eigenvalue weighted by Crippen LogP contribution is -2.02. The zero-order chi connectivity index (χ0) is 22.9. The normalized spacial score (nSPS) is 10.4. The second kappa shape index (κ2) is 10.5. The Kier molecular flexibility index (Phi) is 7.33. The second-order valence-electron chi connectivity index (χ2n) is 6.40. The van der Waals surface area contributed by atoms with Crippen molar-refractivity contribution in [1.29, 1.82) is 0 Å². The van der Waals surface area contributed by atoms with Crippen molar-refractivity contribution in [2.75, 3.05) is 0 Å². The molecule has 0 radical (unpaired) electrons. The summed E-state index contributed by atoms with van der Waals surface area (Å²) in [6, 6.07) is 18.5. The lowest BCUT2D eigenvalue weighted by atomic mass is 9.99. The molecule has 0 aliphatic rings. The number of esters is 2. The number of benzene rings is 3. The van der Waals surface area contributed by atoms with E-state index in [0.29, 0.717) is 28.2 Å². The minimum atomic E-state index is -0.591. The van der Waals surface area contributed by atoms with E-state index in [4.69, 9.17) is 9.47 Å². The number of hydrogen-bond acceptors (Lipinski definition) is 5. The fourth-order valence-electron chi connectivity index (χ4n) is 2.76. The van der Waals surface area contributed by atoms with Gasteiger partial charge >= 0.3 is 11.9 Å². The molecule has 0 atom stereocenters. The van der Waals surface area contributed by atoms with Crippen LogP contribution in [-0.4, -0.2) is 11.9 Å². The fourth-order valence-corrected chi connectivity index (χ4v) is 2.76. The topological polar surface area (TPSA) is 61.8 Å². The van der Waals surface area contributed by atoms with Crippen LogP contribution in [0.5, 0.6) is 11.5 Å². The molecule has 0 aromatic heterocycles.